The fourth-order valence-electron chi connectivity index (χ4n) is 4.32. The van der Waals surface area contributed by atoms with E-state index in [-0.39, 0.29) is 81.6 Å². The van der Waals surface area contributed by atoms with E-state index in [4.69, 9.17) is 47.4 Å². The van der Waals surface area contributed by atoms with Crippen molar-refractivity contribution in [1.29, 1.82) is 0 Å². The molecule has 4 amide bonds. The second-order valence-corrected chi connectivity index (χ2v) is 23.3. The van der Waals surface area contributed by atoms with Gasteiger partial charge in [-0.2, -0.15) is 0 Å². The fourth-order valence-corrected chi connectivity index (χ4v) is 9.01. The van der Waals surface area contributed by atoms with Crippen molar-refractivity contribution >= 4 is 91.2 Å². The van der Waals surface area contributed by atoms with E-state index >= 15 is 0 Å². The summed E-state index contributed by atoms with van der Waals surface area (Å²) in [4.78, 5) is 99.7. The number of Topliss-reactive ketones (excluding diaryl/α,β-unsaturated/α-hetero) is 1. The molecule has 0 saturated carbocycles. The maximum Gasteiger partial charge on any atom is 0.408 e. The van der Waals surface area contributed by atoms with Crippen molar-refractivity contribution in [2.45, 2.75) is 137 Å². The van der Waals surface area contributed by atoms with Crippen molar-refractivity contribution in [2.75, 3.05) is 83.0 Å². The summed E-state index contributed by atoms with van der Waals surface area (Å²) in [5.41, 5.74) is -3.18. The van der Waals surface area contributed by atoms with Crippen molar-refractivity contribution in [2.24, 2.45) is 0 Å². The summed E-state index contributed by atoms with van der Waals surface area (Å²) in [7, 11) is 5.88. The second-order valence-electron chi connectivity index (χ2n) is 18.2. The molecule has 0 bridgehead atoms. The SMILES string of the molecule is COC(=O)[C@@H](CSSC[C@@H](NC(=O)OC(C)(C)C)C(=O)OCCOCCOCCOCCOC(=O)[C@H](CSSC[C@H](NC(=O)OC(C)(C)C)C(C)=O)NC(=O)OC(C)(C)C)NC(=O)OC(C)(C)C. The van der Waals surface area contributed by atoms with Crippen LogP contribution in [-0.2, 0) is 66.5 Å². The maximum absolute atomic E-state index is 13.0. The molecule has 0 aromatic carbocycles. The van der Waals surface area contributed by atoms with E-state index in [1.165, 1.54) is 35.6 Å². The van der Waals surface area contributed by atoms with E-state index in [0.29, 0.717) is 0 Å². The Kier molecular flexibility index (Phi) is 31.4. The molecule has 0 heterocycles. The van der Waals surface area contributed by atoms with E-state index in [9.17, 15) is 38.4 Å². The highest BCUT2D eigenvalue weighted by Gasteiger charge is 2.30. The minimum atomic E-state index is -1.13. The molecular weight excluding hydrogens is 977 g/mol. The van der Waals surface area contributed by atoms with Gasteiger partial charge in [-0.25, -0.2) is 33.6 Å². The molecule has 68 heavy (non-hydrogen) atoms. The average molecular weight is 1050 g/mol. The van der Waals surface area contributed by atoms with Crippen LogP contribution in [0.5, 0.6) is 0 Å². The van der Waals surface area contributed by atoms with Crippen molar-refractivity contribution < 1.29 is 85.7 Å². The molecule has 0 spiro atoms. The van der Waals surface area contributed by atoms with Crippen LogP contribution < -0.4 is 21.3 Å². The first-order valence-electron chi connectivity index (χ1n) is 21.5. The summed E-state index contributed by atoms with van der Waals surface area (Å²) in [6, 6.07) is -4.10. The van der Waals surface area contributed by atoms with Gasteiger partial charge in [-0.05, 0) is 90.0 Å². The lowest BCUT2D eigenvalue weighted by atomic mass is 10.2. The van der Waals surface area contributed by atoms with Crippen molar-refractivity contribution in [3.8, 4) is 0 Å². The number of esters is 3. The fraction of sp³-hybridized carbons (Fsp3) is 0.810. The maximum atomic E-state index is 13.0. The number of carbonyl (C=O) groups excluding carboxylic acids is 8. The van der Waals surface area contributed by atoms with Crippen molar-refractivity contribution in [3.63, 3.8) is 0 Å². The van der Waals surface area contributed by atoms with Crippen LogP contribution in [0, 0.1) is 0 Å². The van der Waals surface area contributed by atoms with Gasteiger partial charge in [0.2, 0.25) is 0 Å². The molecule has 0 rings (SSSR count). The van der Waals surface area contributed by atoms with Gasteiger partial charge in [0.25, 0.3) is 0 Å². The summed E-state index contributed by atoms with van der Waals surface area (Å²) >= 11 is 0. The molecule has 4 atom stereocenters. The Balaban J connectivity index is 4.76. The number of nitrogens with one attached hydrogen (secondary N) is 4. The molecular formula is C42H74N4O18S4. The third kappa shape index (κ3) is 36.4. The molecule has 0 aliphatic heterocycles. The number of rotatable bonds is 30. The third-order valence-electron chi connectivity index (χ3n) is 7.10. The molecule has 0 unspecified atom stereocenters. The lowest BCUT2D eigenvalue weighted by molar-refractivity contribution is -0.147. The van der Waals surface area contributed by atoms with E-state index < -0.39 is 88.9 Å². The van der Waals surface area contributed by atoms with Gasteiger partial charge < -0.3 is 68.6 Å². The summed E-state index contributed by atoms with van der Waals surface area (Å²) < 4.78 is 52.9. The summed E-state index contributed by atoms with van der Waals surface area (Å²) in [5.74, 6) is -2.13. The molecule has 0 fully saturated rings. The first-order valence-corrected chi connectivity index (χ1v) is 26.5. The van der Waals surface area contributed by atoms with E-state index in [1.54, 1.807) is 83.1 Å². The molecule has 4 N–H and O–H groups in total. The van der Waals surface area contributed by atoms with Crippen molar-refractivity contribution in [3.05, 3.63) is 0 Å². The zero-order valence-corrected chi connectivity index (χ0v) is 45.0. The first kappa shape index (κ1) is 64.4. The first-order chi connectivity index (χ1) is 31.4. The van der Waals surface area contributed by atoms with Gasteiger partial charge in [0.1, 0.15) is 59.8 Å². The zero-order chi connectivity index (χ0) is 52.1. The number of amides is 4. The van der Waals surface area contributed by atoms with Crippen LogP contribution in [0.1, 0.15) is 90.0 Å². The molecule has 26 heteroatoms. The van der Waals surface area contributed by atoms with Gasteiger partial charge >= 0.3 is 42.3 Å². The van der Waals surface area contributed by atoms with Gasteiger partial charge in [-0.15, -0.1) is 0 Å². The van der Waals surface area contributed by atoms with E-state index in [1.807, 2.05) is 0 Å². The standard InChI is InChI=1S/C42H74N4O18S4/c1-27(47)28(43-35(51)61-39(2,3)4)23-65-67-25-30(45-37(53)63-41(8,9)10)33(49)59-21-19-57-17-15-56-16-18-58-20-22-60-34(50)31(46-38(54)64-42(11,12)13)26-68-66-24-29(32(48)55-14)44-36(52)62-40(5,6)7/h28-31H,15-26H2,1-14H3,(H,43,51)(H,44,52)(H,45,53)(H,46,54)/t28-,29+,30-,31+/m0/s1. The summed E-state index contributed by atoms with van der Waals surface area (Å²) in [6.07, 6.45) is -3.19. The Hall–Kier alpha value is -3.56. The highest BCUT2D eigenvalue weighted by molar-refractivity contribution is 8.77. The van der Waals surface area contributed by atoms with E-state index in [2.05, 4.69) is 21.3 Å². The molecule has 0 aromatic heterocycles. The lowest BCUT2D eigenvalue weighted by Gasteiger charge is -2.23. The van der Waals surface area contributed by atoms with Gasteiger partial charge in [0.15, 0.2) is 5.78 Å². The molecule has 394 valence electrons. The number of ether oxygens (including phenoxy) is 10. The highest BCUT2D eigenvalue weighted by Crippen LogP contribution is 2.25. The number of hydrogen-bond donors (Lipinski definition) is 4. The predicted molar refractivity (Wildman–Crippen MR) is 260 cm³/mol. The number of alkyl carbamates (subject to hydrolysis) is 4. The molecule has 0 aliphatic rings. The van der Waals surface area contributed by atoms with Crippen LogP contribution >= 0.6 is 43.2 Å². The quantitative estimate of drug-likeness (QED) is 0.0311. The highest BCUT2D eigenvalue weighted by atomic mass is 33.1. The molecule has 0 aliphatic carbocycles. The molecule has 0 radical (unpaired) electrons. The number of ketones is 1. The number of carbonyl (C=O) groups is 8. The Morgan fingerprint density at radius 1 is 0.382 bits per heavy atom. The average Bonchev–Trinajstić information content (AvgIpc) is 3.17. The normalized spacial score (nSPS) is 13.6. The molecule has 0 aromatic rings. The van der Waals surface area contributed by atoms with E-state index in [0.717, 1.165) is 21.6 Å². The second kappa shape index (κ2) is 33.1. The van der Waals surface area contributed by atoms with Gasteiger partial charge in [-0.3, -0.25) is 4.79 Å². The monoisotopic (exact) mass is 1050 g/mol. The number of methoxy groups -OCH3 is 1. The van der Waals surface area contributed by atoms with Crippen LogP contribution in [0.4, 0.5) is 19.2 Å². The zero-order valence-electron chi connectivity index (χ0n) is 41.8. The number of hydrogen-bond acceptors (Lipinski definition) is 22. The smallest absolute Gasteiger partial charge is 0.408 e. The third-order valence-corrected chi connectivity index (χ3v) is 11.9. The minimum absolute atomic E-state index is 0.0239. The van der Waals surface area contributed by atoms with Crippen LogP contribution in [0.15, 0.2) is 0 Å². The van der Waals surface area contributed by atoms with Crippen LogP contribution in [0.2, 0.25) is 0 Å². The van der Waals surface area contributed by atoms with Gasteiger partial charge in [0, 0.05) is 23.0 Å². The lowest BCUT2D eigenvalue weighted by Crippen LogP contribution is -2.46. The van der Waals surface area contributed by atoms with Crippen LogP contribution in [0.3, 0.4) is 0 Å². The molecule has 22 nitrogen and oxygen atoms in total. The summed E-state index contributed by atoms with van der Waals surface area (Å²) in [6.45, 7) is 22.1. The van der Waals surface area contributed by atoms with Gasteiger partial charge in [-0.1, -0.05) is 43.2 Å². The van der Waals surface area contributed by atoms with Crippen molar-refractivity contribution in [1.82, 2.24) is 21.3 Å². The predicted octanol–water partition coefficient (Wildman–Crippen LogP) is 5.22. The minimum Gasteiger partial charge on any atom is -0.467 e. The largest absolute Gasteiger partial charge is 0.467 e. The Morgan fingerprint density at radius 3 is 0.868 bits per heavy atom. The summed E-state index contributed by atoms with van der Waals surface area (Å²) in [5, 5.41) is 10.0. The molecule has 0 saturated heterocycles. The van der Waals surface area contributed by atoms with Gasteiger partial charge in [0.05, 0.1) is 46.8 Å². The Bertz CT molecular complexity index is 1580. The van der Waals surface area contributed by atoms with Crippen LogP contribution in [-0.4, -0.2) is 178 Å². The Morgan fingerprint density at radius 2 is 0.618 bits per heavy atom. The topological polar surface area (TPSA) is 277 Å². The Labute approximate surface area is 416 Å². The van der Waals surface area contributed by atoms with Crippen LogP contribution in [0.25, 0.3) is 0 Å².